The Morgan fingerprint density at radius 1 is 1.22 bits per heavy atom. The zero-order chi connectivity index (χ0) is 12.7. The van der Waals surface area contributed by atoms with Crippen LogP contribution >= 0.6 is 0 Å². The number of anilines is 1. The van der Waals surface area contributed by atoms with Gasteiger partial charge in [-0.3, -0.25) is 0 Å². The minimum Gasteiger partial charge on any atom is -0.493 e. The van der Waals surface area contributed by atoms with Gasteiger partial charge < -0.3 is 10.5 Å². The number of nitrogens with zero attached hydrogens (tertiary/aromatic N) is 2. The van der Waals surface area contributed by atoms with Gasteiger partial charge >= 0.3 is 0 Å². The van der Waals surface area contributed by atoms with E-state index in [0.717, 1.165) is 35.6 Å². The van der Waals surface area contributed by atoms with Crippen LogP contribution in [-0.2, 0) is 6.42 Å². The van der Waals surface area contributed by atoms with Crippen molar-refractivity contribution < 1.29 is 4.74 Å². The molecule has 0 saturated heterocycles. The first-order valence-corrected chi connectivity index (χ1v) is 6.02. The molecule has 0 aliphatic carbocycles. The van der Waals surface area contributed by atoms with E-state index in [9.17, 15) is 0 Å². The van der Waals surface area contributed by atoms with Gasteiger partial charge in [0.15, 0.2) is 5.82 Å². The van der Waals surface area contributed by atoms with Crippen molar-refractivity contribution in [3.8, 4) is 17.1 Å². The lowest BCUT2D eigenvalue weighted by Crippen LogP contribution is -2.02. The van der Waals surface area contributed by atoms with Crippen LogP contribution in [0.1, 0.15) is 16.8 Å². The molecule has 4 nitrogen and oxygen atoms in total. The number of nitrogens with two attached hydrogens (primary N) is 1. The van der Waals surface area contributed by atoms with Gasteiger partial charge in [0, 0.05) is 23.2 Å². The smallest absolute Gasteiger partial charge is 0.161 e. The Morgan fingerprint density at radius 3 is 2.83 bits per heavy atom. The van der Waals surface area contributed by atoms with Crippen molar-refractivity contribution in [2.24, 2.45) is 0 Å². The molecule has 2 heterocycles. The minimum absolute atomic E-state index is 0.550. The lowest BCUT2D eigenvalue weighted by molar-refractivity contribution is 0.357. The first-order chi connectivity index (χ1) is 8.65. The zero-order valence-electron chi connectivity index (χ0n) is 10.5. The summed E-state index contributed by atoms with van der Waals surface area (Å²) in [5.74, 6) is 2.20. The molecule has 1 aliphatic heterocycles. The summed E-state index contributed by atoms with van der Waals surface area (Å²) in [6.07, 6.45) is 0.948. The molecular formula is C14H15N3O. The molecule has 4 heteroatoms. The molecule has 3 rings (SSSR count). The van der Waals surface area contributed by atoms with Crippen molar-refractivity contribution in [3.63, 3.8) is 0 Å². The van der Waals surface area contributed by atoms with Gasteiger partial charge in [-0.1, -0.05) is 0 Å². The fourth-order valence-corrected chi connectivity index (χ4v) is 2.11. The van der Waals surface area contributed by atoms with Gasteiger partial charge in [0.2, 0.25) is 0 Å². The third-order valence-electron chi connectivity index (χ3n) is 3.37. The molecule has 1 aromatic heterocycles. The van der Waals surface area contributed by atoms with E-state index in [2.05, 4.69) is 16.0 Å². The quantitative estimate of drug-likeness (QED) is 0.832. The summed E-state index contributed by atoms with van der Waals surface area (Å²) in [5, 5.41) is 0. The number of hydrogen-bond acceptors (Lipinski definition) is 4. The lowest BCUT2D eigenvalue weighted by atomic mass is 10.1. The normalized spacial score (nSPS) is 13.2. The maximum Gasteiger partial charge on any atom is 0.161 e. The maximum absolute atomic E-state index is 5.90. The van der Waals surface area contributed by atoms with Crippen LogP contribution in [0.5, 0.6) is 5.75 Å². The molecule has 0 atom stereocenters. The molecule has 92 valence electrons. The lowest BCUT2D eigenvalue weighted by Gasteiger charge is -2.08. The highest BCUT2D eigenvalue weighted by molar-refractivity contribution is 5.62. The van der Waals surface area contributed by atoms with Gasteiger partial charge in [-0.05, 0) is 37.6 Å². The third-order valence-corrected chi connectivity index (χ3v) is 3.37. The number of ether oxygens (including phenoxy) is 1. The van der Waals surface area contributed by atoms with Gasteiger partial charge in [-0.15, -0.1) is 0 Å². The van der Waals surface area contributed by atoms with Crippen LogP contribution in [0.3, 0.4) is 0 Å². The van der Waals surface area contributed by atoms with Crippen LogP contribution in [0.2, 0.25) is 0 Å². The first-order valence-electron chi connectivity index (χ1n) is 6.02. The highest BCUT2D eigenvalue weighted by Gasteiger charge is 2.14. The molecule has 2 aromatic rings. The molecule has 1 aliphatic rings. The zero-order valence-corrected chi connectivity index (χ0v) is 10.5. The molecule has 0 saturated carbocycles. The van der Waals surface area contributed by atoms with E-state index < -0.39 is 0 Å². The predicted octanol–water partition coefficient (Wildman–Crippen LogP) is 2.28. The Bertz CT molecular complexity index is 599. The number of nitrogen functional groups attached to an aromatic ring is 1. The van der Waals surface area contributed by atoms with E-state index in [-0.39, 0.29) is 0 Å². The number of aromatic nitrogens is 2. The van der Waals surface area contributed by atoms with Crippen molar-refractivity contribution >= 4 is 5.82 Å². The molecule has 18 heavy (non-hydrogen) atoms. The molecular weight excluding hydrogens is 226 g/mol. The standard InChI is InChI=1S/C14H15N3O/c1-8-9(2)16-14(17-13(8)15)11-3-4-12-10(7-11)5-6-18-12/h3-4,7H,5-6H2,1-2H3,(H2,15,16,17). The van der Waals surface area contributed by atoms with Crippen molar-refractivity contribution in [1.29, 1.82) is 0 Å². The topological polar surface area (TPSA) is 61.0 Å². The molecule has 0 spiro atoms. The number of benzene rings is 1. The Kier molecular flexibility index (Phi) is 2.44. The molecule has 1 aromatic carbocycles. The second kappa shape index (κ2) is 3.98. The summed E-state index contributed by atoms with van der Waals surface area (Å²) in [7, 11) is 0. The Hall–Kier alpha value is -2.10. The second-order valence-corrected chi connectivity index (χ2v) is 4.56. The third kappa shape index (κ3) is 1.70. The molecule has 0 fully saturated rings. The van der Waals surface area contributed by atoms with Gasteiger partial charge in [-0.25, -0.2) is 9.97 Å². The highest BCUT2D eigenvalue weighted by atomic mass is 16.5. The summed E-state index contributed by atoms with van der Waals surface area (Å²) >= 11 is 0. The van der Waals surface area contributed by atoms with Crippen LogP contribution in [0.15, 0.2) is 18.2 Å². The van der Waals surface area contributed by atoms with Gasteiger partial charge in [0.25, 0.3) is 0 Å². The van der Waals surface area contributed by atoms with Crippen molar-refractivity contribution in [2.75, 3.05) is 12.3 Å². The van der Waals surface area contributed by atoms with E-state index >= 15 is 0 Å². The van der Waals surface area contributed by atoms with E-state index in [1.807, 2.05) is 26.0 Å². The van der Waals surface area contributed by atoms with Crippen molar-refractivity contribution in [3.05, 3.63) is 35.0 Å². The Labute approximate surface area is 106 Å². The monoisotopic (exact) mass is 241 g/mol. The summed E-state index contributed by atoms with van der Waals surface area (Å²) in [6, 6.07) is 6.05. The summed E-state index contributed by atoms with van der Waals surface area (Å²) in [4.78, 5) is 8.85. The summed E-state index contributed by atoms with van der Waals surface area (Å²) < 4.78 is 5.49. The van der Waals surface area contributed by atoms with Gasteiger partial charge in [0.1, 0.15) is 11.6 Å². The van der Waals surface area contributed by atoms with Gasteiger partial charge in [-0.2, -0.15) is 0 Å². The number of fused-ring (bicyclic) bond motifs is 1. The van der Waals surface area contributed by atoms with E-state index in [1.165, 1.54) is 5.56 Å². The second-order valence-electron chi connectivity index (χ2n) is 4.56. The van der Waals surface area contributed by atoms with Crippen molar-refractivity contribution in [2.45, 2.75) is 20.3 Å². The Morgan fingerprint density at radius 2 is 2.06 bits per heavy atom. The van der Waals surface area contributed by atoms with Crippen LogP contribution in [0.25, 0.3) is 11.4 Å². The average Bonchev–Trinajstić information content (AvgIpc) is 2.82. The fraction of sp³-hybridized carbons (Fsp3) is 0.286. The predicted molar refractivity (Wildman–Crippen MR) is 70.6 cm³/mol. The van der Waals surface area contributed by atoms with Crippen LogP contribution in [-0.4, -0.2) is 16.6 Å². The van der Waals surface area contributed by atoms with Crippen LogP contribution in [0.4, 0.5) is 5.82 Å². The molecule has 0 bridgehead atoms. The molecule has 0 amide bonds. The van der Waals surface area contributed by atoms with E-state index in [1.54, 1.807) is 0 Å². The van der Waals surface area contributed by atoms with E-state index in [0.29, 0.717) is 11.6 Å². The number of rotatable bonds is 1. The number of hydrogen-bond donors (Lipinski definition) is 1. The van der Waals surface area contributed by atoms with Crippen molar-refractivity contribution in [1.82, 2.24) is 9.97 Å². The SMILES string of the molecule is Cc1nc(-c2ccc3c(c2)CCO3)nc(N)c1C. The largest absolute Gasteiger partial charge is 0.493 e. The van der Waals surface area contributed by atoms with Crippen LogP contribution in [0, 0.1) is 13.8 Å². The minimum atomic E-state index is 0.550. The molecule has 0 unspecified atom stereocenters. The number of aryl methyl sites for hydroxylation is 1. The first kappa shape index (κ1) is 11.0. The van der Waals surface area contributed by atoms with Crippen LogP contribution < -0.4 is 10.5 Å². The Balaban J connectivity index is 2.10. The highest BCUT2D eigenvalue weighted by Crippen LogP contribution is 2.29. The fourth-order valence-electron chi connectivity index (χ4n) is 2.11. The molecule has 0 radical (unpaired) electrons. The summed E-state index contributed by atoms with van der Waals surface area (Å²) in [6.45, 7) is 4.65. The van der Waals surface area contributed by atoms with Gasteiger partial charge in [0.05, 0.1) is 6.61 Å². The molecule has 2 N–H and O–H groups in total. The maximum atomic E-state index is 5.90. The average molecular weight is 241 g/mol. The van der Waals surface area contributed by atoms with E-state index in [4.69, 9.17) is 10.5 Å². The summed E-state index contributed by atoms with van der Waals surface area (Å²) in [5.41, 5.74) is 9.98.